The Hall–Kier alpha value is -4.59. The summed E-state index contributed by atoms with van der Waals surface area (Å²) in [5.41, 5.74) is 8.91. The quantitative estimate of drug-likeness (QED) is 0.258. The molecule has 14 heteroatoms. The van der Waals surface area contributed by atoms with Gasteiger partial charge in [-0.3, -0.25) is 4.79 Å². The van der Waals surface area contributed by atoms with Crippen molar-refractivity contribution < 1.29 is 24.1 Å². The van der Waals surface area contributed by atoms with Gasteiger partial charge in [-0.05, 0) is 33.9 Å². The number of nitrogens with zero attached hydrogens (tertiary/aromatic N) is 6. The van der Waals surface area contributed by atoms with E-state index in [0.29, 0.717) is 21.9 Å². The molecule has 0 spiro atoms. The average Bonchev–Trinajstić information content (AvgIpc) is 3.52. The third-order valence-corrected chi connectivity index (χ3v) is 4.85. The lowest BCUT2D eigenvalue weighted by Gasteiger charge is -2.06. The summed E-state index contributed by atoms with van der Waals surface area (Å²) >= 11 is 1.36. The number of nitrogen functional groups attached to an aromatic ring is 1. The van der Waals surface area contributed by atoms with E-state index >= 15 is 0 Å². The van der Waals surface area contributed by atoms with Gasteiger partial charge < -0.3 is 15.6 Å². The maximum absolute atomic E-state index is 12.8. The van der Waals surface area contributed by atoms with Crippen LogP contribution in [0.4, 0.5) is 5.82 Å². The number of thiophene rings is 1. The van der Waals surface area contributed by atoms with Gasteiger partial charge in [-0.1, -0.05) is 23.4 Å². The Bertz CT molecular complexity index is 1280. The summed E-state index contributed by atoms with van der Waals surface area (Å²) in [6.07, 6.45) is 1.32. The SMILES string of the molecule is Nc1nonc1-n1nnc(C(=O)N/N=C/c2ccccc2OCC(=O)O)c1-c1cccs1. The molecular weight excluding hydrogens is 440 g/mol. The fraction of sp³-hybridized carbons (Fsp3) is 0.0556. The van der Waals surface area contributed by atoms with E-state index in [1.165, 1.54) is 22.2 Å². The number of para-hydroxylation sites is 1. The second kappa shape index (κ2) is 9.05. The first kappa shape index (κ1) is 20.7. The van der Waals surface area contributed by atoms with Crippen molar-refractivity contribution in [2.24, 2.45) is 5.10 Å². The lowest BCUT2D eigenvalue weighted by molar-refractivity contribution is -0.139. The Morgan fingerprint density at radius 3 is 2.84 bits per heavy atom. The number of carboxylic acid groups (broad SMARTS) is 1. The molecule has 0 radical (unpaired) electrons. The van der Waals surface area contributed by atoms with Crippen LogP contribution in [-0.2, 0) is 4.79 Å². The van der Waals surface area contributed by atoms with E-state index in [1.54, 1.807) is 36.4 Å². The number of carbonyl (C=O) groups excluding carboxylic acids is 1. The van der Waals surface area contributed by atoms with E-state index in [2.05, 4.69) is 35.8 Å². The Kier molecular flexibility index (Phi) is 5.85. The normalized spacial score (nSPS) is 11.0. The summed E-state index contributed by atoms with van der Waals surface area (Å²) in [4.78, 5) is 24.2. The van der Waals surface area contributed by atoms with Crippen molar-refractivity contribution in [3.05, 3.63) is 53.0 Å². The molecule has 0 aliphatic rings. The molecular formula is C18H14N8O5S. The number of amides is 1. The molecule has 0 fully saturated rings. The highest BCUT2D eigenvalue weighted by atomic mass is 32.1. The number of rotatable bonds is 8. The number of benzene rings is 1. The fourth-order valence-corrected chi connectivity index (χ4v) is 3.38. The smallest absolute Gasteiger partial charge is 0.341 e. The molecule has 1 amide bonds. The van der Waals surface area contributed by atoms with E-state index in [1.807, 2.05) is 5.38 Å². The average molecular weight is 454 g/mol. The maximum Gasteiger partial charge on any atom is 0.341 e. The Balaban J connectivity index is 1.58. The molecule has 0 aliphatic heterocycles. The highest BCUT2D eigenvalue weighted by molar-refractivity contribution is 7.13. The van der Waals surface area contributed by atoms with E-state index in [9.17, 15) is 9.59 Å². The van der Waals surface area contributed by atoms with E-state index in [-0.39, 0.29) is 17.3 Å². The van der Waals surface area contributed by atoms with Crippen LogP contribution in [0.1, 0.15) is 16.1 Å². The number of hydrazone groups is 1. The van der Waals surface area contributed by atoms with Gasteiger partial charge in [0.15, 0.2) is 12.3 Å². The molecule has 13 nitrogen and oxygen atoms in total. The molecule has 1 aromatic carbocycles. The number of hydrogen-bond acceptors (Lipinski definition) is 11. The predicted molar refractivity (Wildman–Crippen MR) is 112 cm³/mol. The molecule has 4 N–H and O–H groups in total. The van der Waals surface area contributed by atoms with Crippen LogP contribution in [0.2, 0.25) is 0 Å². The summed E-state index contributed by atoms with van der Waals surface area (Å²) < 4.78 is 11.1. The van der Waals surface area contributed by atoms with Gasteiger partial charge in [0.2, 0.25) is 11.6 Å². The highest BCUT2D eigenvalue weighted by Crippen LogP contribution is 2.29. The highest BCUT2D eigenvalue weighted by Gasteiger charge is 2.25. The van der Waals surface area contributed by atoms with Crippen LogP contribution in [0.15, 0.2) is 51.5 Å². The molecule has 0 aliphatic carbocycles. The van der Waals surface area contributed by atoms with Crippen molar-refractivity contribution in [2.45, 2.75) is 0 Å². The van der Waals surface area contributed by atoms with Gasteiger partial charge in [-0.15, -0.1) is 16.4 Å². The van der Waals surface area contributed by atoms with Gasteiger partial charge in [-0.2, -0.15) is 9.78 Å². The first-order chi connectivity index (χ1) is 15.5. The van der Waals surface area contributed by atoms with Gasteiger partial charge in [0.1, 0.15) is 11.4 Å². The van der Waals surface area contributed by atoms with E-state index in [4.69, 9.17) is 15.6 Å². The number of carbonyl (C=O) groups is 2. The summed E-state index contributed by atoms with van der Waals surface area (Å²) in [6.45, 7) is -0.509. The predicted octanol–water partition coefficient (Wildman–Crippen LogP) is 1.19. The van der Waals surface area contributed by atoms with E-state index < -0.39 is 18.5 Å². The van der Waals surface area contributed by atoms with Crippen molar-refractivity contribution in [1.82, 2.24) is 30.7 Å². The van der Waals surface area contributed by atoms with Crippen LogP contribution < -0.4 is 15.9 Å². The van der Waals surface area contributed by atoms with Crippen LogP contribution >= 0.6 is 11.3 Å². The Labute approximate surface area is 183 Å². The monoisotopic (exact) mass is 454 g/mol. The standard InChI is InChI=1S/C18H14N8O5S/c19-16-17(24-31-23-16)26-15(12-6-3-7-32-12)14(21-25-26)18(29)22-20-8-10-4-1-2-5-11(10)30-9-13(27)28/h1-8H,9H2,(H2,19,23)(H,22,29)(H,27,28)/b20-8+. The van der Waals surface area contributed by atoms with Crippen LogP contribution in [-0.4, -0.2) is 55.1 Å². The second-order valence-electron chi connectivity index (χ2n) is 6.07. The number of ether oxygens (including phenoxy) is 1. The molecule has 162 valence electrons. The molecule has 0 bridgehead atoms. The summed E-state index contributed by atoms with van der Waals surface area (Å²) in [5, 5.41) is 29.7. The van der Waals surface area contributed by atoms with Crippen molar-refractivity contribution in [3.63, 3.8) is 0 Å². The lowest BCUT2D eigenvalue weighted by atomic mass is 10.2. The van der Waals surface area contributed by atoms with Crippen LogP contribution in [0.5, 0.6) is 5.75 Å². The van der Waals surface area contributed by atoms with Crippen LogP contribution in [0.3, 0.4) is 0 Å². The topological polar surface area (TPSA) is 184 Å². The minimum absolute atomic E-state index is 0.0179. The maximum atomic E-state index is 12.8. The lowest BCUT2D eigenvalue weighted by Crippen LogP contribution is -2.19. The van der Waals surface area contributed by atoms with Crippen molar-refractivity contribution >= 4 is 35.2 Å². The molecule has 4 rings (SSSR count). The third-order valence-electron chi connectivity index (χ3n) is 3.98. The summed E-state index contributed by atoms with van der Waals surface area (Å²) in [7, 11) is 0. The van der Waals surface area contributed by atoms with Crippen molar-refractivity contribution in [1.29, 1.82) is 0 Å². The molecule has 0 unspecified atom stereocenters. The van der Waals surface area contributed by atoms with Gasteiger partial charge >= 0.3 is 5.97 Å². The number of nitrogens with two attached hydrogens (primary N) is 1. The molecule has 3 heterocycles. The minimum atomic E-state index is -1.11. The van der Waals surface area contributed by atoms with E-state index in [0.717, 1.165) is 0 Å². The van der Waals surface area contributed by atoms with Crippen LogP contribution in [0, 0.1) is 0 Å². The minimum Gasteiger partial charge on any atom is -0.481 e. The van der Waals surface area contributed by atoms with Crippen LogP contribution in [0.25, 0.3) is 16.4 Å². The Morgan fingerprint density at radius 1 is 1.28 bits per heavy atom. The largest absolute Gasteiger partial charge is 0.481 e. The number of aromatic nitrogens is 5. The molecule has 0 saturated heterocycles. The fourth-order valence-electron chi connectivity index (χ4n) is 2.63. The summed E-state index contributed by atoms with van der Waals surface area (Å²) in [6, 6.07) is 10.2. The molecule has 32 heavy (non-hydrogen) atoms. The number of nitrogens with one attached hydrogen (secondary N) is 1. The van der Waals surface area contributed by atoms with Crippen molar-refractivity contribution in [2.75, 3.05) is 12.3 Å². The molecule has 0 atom stereocenters. The number of anilines is 1. The van der Waals surface area contributed by atoms with Gasteiger partial charge in [0.25, 0.3) is 5.91 Å². The molecule has 4 aromatic rings. The second-order valence-corrected chi connectivity index (χ2v) is 7.02. The zero-order chi connectivity index (χ0) is 22.5. The summed E-state index contributed by atoms with van der Waals surface area (Å²) in [5.74, 6) is -1.39. The van der Waals surface area contributed by atoms with Gasteiger partial charge in [0.05, 0.1) is 11.1 Å². The number of hydrogen-bond donors (Lipinski definition) is 3. The zero-order valence-corrected chi connectivity index (χ0v) is 16.9. The van der Waals surface area contributed by atoms with Gasteiger partial charge in [0, 0.05) is 5.56 Å². The number of carboxylic acids is 1. The van der Waals surface area contributed by atoms with Gasteiger partial charge in [-0.25, -0.2) is 14.8 Å². The number of aliphatic carboxylic acids is 1. The molecule has 3 aromatic heterocycles. The third kappa shape index (κ3) is 4.29. The Morgan fingerprint density at radius 2 is 2.12 bits per heavy atom. The van der Waals surface area contributed by atoms with Crippen molar-refractivity contribution in [3.8, 4) is 22.1 Å². The molecule has 0 saturated carbocycles. The first-order valence-electron chi connectivity index (χ1n) is 8.89. The zero-order valence-electron chi connectivity index (χ0n) is 16.1. The first-order valence-corrected chi connectivity index (χ1v) is 9.77.